The summed E-state index contributed by atoms with van der Waals surface area (Å²) in [5.41, 5.74) is -0.615. The number of carbonyl (C=O) groups is 1. The van der Waals surface area contributed by atoms with Crippen LogP contribution in [-0.2, 0) is 6.42 Å². The Hall–Kier alpha value is -2.92. The van der Waals surface area contributed by atoms with Crippen LogP contribution < -0.4 is 15.1 Å². The number of nitrogens with one attached hydrogen (secondary N) is 1. The first-order valence-electron chi connectivity index (χ1n) is 11.6. The van der Waals surface area contributed by atoms with Crippen molar-refractivity contribution in [3.63, 3.8) is 0 Å². The lowest BCUT2D eigenvalue weighted by Crippen LogP contribution is -2.44. The quantitative estimate of drug-likeness (QED) is 0.484. The van der Waals surface area contributed by atoms with Gasteiger partial charge in [0.2, 0.25) is 0 Å². The lowest BCUT2D eigenvalue weighted by molar-refractivity contribution is -0.130. The third-order valence-electron chi connectivity index (χ3n) is 6.35. The van der Waals surface area contributed by atoms with Gasteiger partial charge in [-0.25, -0.2) is 13.2 Å². The summed E-state index contributed by atoms with van der Waals surface area (Å²) in [7, 11) is 0. The Balaban J connectivity index is 1.55. The van der Waals surface area contributed by atoms with E-state index in [4.69, 9.17) is 4.42 Å². The first kappa shape index (κ1) is 25.2. The Kier molecular flexibility index (Phi) is 6.92. The van der Waals surface area contributed by atoms with Gasteiger partial charge in [0.15, 0.2) is 5.69 Å². The van der Waals surface area contributed by atoms with Crippen LogP contribution in [0.3, 0.4) is 0 Å². The zero-order valence-electron chi connectivity index (χ0n) is 19.1. The van der Waals surface area contributed by atoms with Gasteiger partial charge < -0.3 is 19.5 Å². The predicted molar refractivity (Wildman–Crippen MR) is 118 cm³/mol. The Morgan fingerprint density at radius 3 is 2.54 bits per heavy atom. The van der Waals surface area contributed by atoms with Crippen molar-refractivity contribution in [3.8, 4) is 0 Å². The zero-order valence-corrected chi connectivity index (χ0v) is 19.1. The second-order valence-electron chi connectivity index (χ2n) is 8.83. The summed E-state index contributed by atoms with van der Waals surface area (Å²) >= 11 is 0. The second kappa shape index (κ2) is 9.62. The number of aromatic nitrogens is 1. The molecule has 1 aliphatic carbocycles. The number of alkyl halides is 5. The van der Waals surface area contributed by atoms with Crippen LogP contribution in [0, 0.1) is 5.82 Å². The third kappa shape index (κ3) is 5.51. The molecule has 0 spiro atoms. The maximum Gasteiger partial charge on any atom is 0.396 e. The normalized spacial score (nSPS) is 19.9. The minimum absolute atomic E-state index is 0.0346. The topological polar surface area (TPSA) is 61.6 Å². The van der Waals surface area contributed by atoms with Crippen molar-refractivity contribution in [2.24, 2.45) is 0 Å². The zero-order chi connectivity index (χ0) is 25.4. The standard InChI is InChI=1S/C23H26F6N4O2/c1-2-33(18-6-5-9-22(18,25)26)16-8-7-14(12-15(16)24)30-20(34)19-17(13-23(27,28)29)35-21(31-19)32-10-3-4-11-32/h7-8,12,18H,2-6,9-11,13H2,1H3,(H,30,34). The number of hydrogen-bond acceptors (Lipinski definition) is 5. The molecule has 192 valence electrons. The molecule has 12 heteroatoms. The van der Waals surface area contributed by atoms with Crippen LogP contribution in [-0.4, -0.2) is 48.7 Å². The summed E-state index contributed by atoms with van der Waals surface area (Å²) < 4.78 is 87.9. The van der Waals surface area contributed by atoms with Crippen LogP contribution in [0.15, 0.2) is 22.6 Å². The van der Waals surface area contributed by atoms with Crippen LogP contribution in [0.25, 0.3) is 0 Å². The van der Waals surface area contributed by atoms with E-state index in [1.807, 2.05) is 0 Å². The Labute approximate surface area is 198 Å². The fraction of sp³-hybridized carbons (Fsp3) is 0.565. The number of anilines is 3. The maximum atomic E-state index is 14.9. The maximum absolute atomic E-state index is 14.9. The van der Waals surface area contributed by atoms with Gasteiger partial charge in [-0.05, 0) is 50.8 Å². The van der Waals surface area contributed by atoms with Gasteiger partial charge in [0.05, 0.1) is 11.7 Å². The van der Waals surface area contributed by atoms with Gasteiger partial charge in [-0.3, -0.25) is 4.79 Å². The largest absolute Gasteiger partial charge is 0.427 e. The van der Waals surface area contributed by atoms with Gasteiger partial charge >= 0.3 is 6.18 Å². The van der Waals surface area contributed by atoms with Crippen LogP contribution in [0.5, 0.6) is 0 Å². The Morgan fingerprint density at radius 2 is 1.97 bits per heavy atom. The van der Waals surface area contributed by atoms with Crippen molar-refractivity contribution < 1.29 is 35.6 Å². The second-order valence-corrected chi connectivity index (χ2v) is 8.83. The number of oxazole rings is 1. The molecular formula is C23H26F6N4O2. The molecule has 1 atom stereocenters. The average Bonchev–Trinajstić information content (AvgIpc) is 3.49. The summed E-state index contributed by atoms with van der Waals surface area (Å²) in [6, 6.07) is 2.35. The smallest absolute Gasteiger partial charge is 0.396 e. The Bertz CT molecular complexity index is 1060. The predicted octanol–water partition coefficient (Wildman–Crippen LogP) is 5.79. The molecule has 4 rings (SSSR count). The third-order valence-corrected chi connectivity index (χ3v) is 6.35. The molecule has 35 heavy (non-hydrogen) atoms. The van der Waals surface area contributed by atoms with Gasteiger partial charge in [0, 0.05) is 31.7 Å². The molecule has 1 saturated heterocycles. The monoisotopic (exact) mass is 504 g/mol. The summed E-state index contributed by atoms with van der Waals surface area (Å²) in [4.78, 5) is 19.7. The molecule has 1 saturated carbocycles. The highest BCUT2D eigenvalue weighted by Gasteiger charge is 2.47. The highest BCUT2D eigenvalue weighted by molar-refractivity contribution is 6.03. The Morgan fingerprint density at radius 1 is 1.26 bits per heavy atom. The molecule has 2 heterocycles. The number of carbonyl (C=O) groups excluding carboxylic acids is 1. The first-order valence-corrected chi connectivity index (χ1v) is 11.6. The van der Waals surface area contributed by atoms with Crippen LogP contribution in [0.2, 0.25) is 0 Å². The molecule has 1 aliphatic heterocycles. The van der Waals surface area contributed by atoms with Crippen LogP contribution >= 0.6 is 0 Å². The van der Waals surface area contributed by atoms with Gasteiger partial charge in [-0.1, -0.05) is 0 Å². The number of halogens is 6. The molecule has 2 aromatic rings. The van der Waals surface area contributed by atoms with Crippen molar-refractivity contribution in [2.75, 3.05) is 34.8 Å². The first-order chi connectivity index (χ1) is 16.5. The van der Waals surface area contributed by atoms with E-state index in [9.17, 15) is 31.1 Å². The molecular weight excluding hydrogens is 478 g/mol. The van der Waals surface area contributed by atoms with E-state index in [0.717, 1.165) is 18.9 Å². The number of benzene rings is 1. The lowest BCUT2D eigenvalue weighted by Gasteiger charge is -2.34. The molecule has 1 N–H and O–H groups in total. The molecule has 0 bridgehead atoms. The van der Waals surface area contributed by atoms with E-state index in [0.29, 0.717) is 19.5 Å². The van der Waals surface area contributed by atoms with Gasteiger partial charge in [-0.2, -0.15) is 18.2 Å². The molecule has 1 aromatic carbocycles. The summed E-state index contributed by atoms with van der Waals surface area (Å²) in [5, 5.41) is 2.35. The molecule has 2 aliphatic rings. The van der Waals surface area contributed by atoms with Gasteiger partial charge in [0.25, 0.3) is 17.8 Å². The summed E-state index contributed by atoms with van der Waals surface area (Å²) in [6.45, 7) is 2.90. The number of rotatable bonds is 7. The fourth-order valence-corrected chi connectivity index (χ4v) is 4.72. The lowest BCUT2D eigenvalue weighted by atomic mass is 10.1. The fourth-order valence-electron chi connectivity index (χ4n) is 4.72. The van der Waals surface area contributed by atoms with E-state index < -0.39 is 47.7 Å². The van der Waals surface area contributed by atoms with E-state index in [-0.39, 0.29) is 36.8 Å². The van der Waals surface area contributed by atoms with Crippen LogP contribution in [0.4, 0.5) is 43.7 Å². The number of amides is 1. The van der Waals surface area contributed by atoms with Crippen molar-refractivity contribution >= 4 is 23.3 Å². The highest BCUT2D eigenvalue weighted by Crippen LogP contribution is 2.41. The SMILES string of the molecule is CCN(c1ccc(NC(=O)c2nc(N3CCCC3)oc2CC(F)(F)F)cc1F)C1CCCC1(F)F. The molecule has 2 fully saturated rings. The van der Waals surface area contributed by atoms with E-state index in [1.54, 1.807) is 11.8 Å². The van der Waals surface area contributed by atoms with E-state index in [2.05, 4.69) is 10.3 Å². The molecule has 6 nitrogen and oxygen atoms in total. The molecule has 1 aromatic heterocycles. The van der Waals surface area contributed by atoms with Crippen molar-refractivity contribution in [2.45, 2.75) is 63.6 Å². The number of nitrogens with zero attached hydrogens (tertiary/aromatic N) is 3. The highest BCUT2D eigenvalue weighted by atomic mass is 19.4. The summed E-state index contributed by atoms with van der Waals surface area (Å²) in [6.07, 6.45) is -4.16. The minimum Gasteiger partial charge on any atom is -0.427 e. The van der Waals surface area contributed by atoms with Crippen LogP contribution in [0.1, 0.15) is 55.3 Å². The van der Waals surface area contributed by atoms with Gasteiger partial charge in [0.1, 0.15) is 18.0 Å². The van der Waals surface area contributed by atoms with Gasteiger partial charge in [-0.15, -0.1) is 0 Å². The van der Waals surface area contributed by atoms with E-state index in [1.165, 1.54) is 17.0 Å². The number of hydrogen-bond donors (Lipinski definition) is 1. The van der Waals surface area contributed by atoms with Crippen molar-refractivity contribution in [3.05, 3.63) is 35.5 Å². The van der Waals surface area contributed by atoms with Crippen molar-refractivity contribution in [1.82, 2.24) is 4.98 Å². The minimum atomic E-state index is -4.63. The molecule has 1 unspecified atom stereocenters. The molecule has 1 amide bonds. The van der Waals surface area contributed by atoms with Crippen molar-refractivity contribution in [1.29, 1.82) is 0 Å². The van der Waals surface area contributed by atoms with E-state index >= 15 is 0 Å². The molecule has 0 radical (unpaired) electrons. The summed E-state index contributed by atoms with van der Waals surface area (Å²) in [5.74, 6) is -5.39. The average molecular weight is 504 g/mol.